The molecule has 0 unspecified atom stereocenters. The van der Waals surface area contributed by atoms with Crippen molar-refractivity contribution in [3.63, 3.8) is 0 Å². The first-order chi connectivity index (χ1) is 6.20. The summed E-state index contributed by atoms with van der Waals surface area (Å²) in [5.74, 6) is 1.00. The fourth-order valence-corrected chi connectivity index (χ4v) is 0.834. The summed E-state index contributed by atoms with van der Waals surface area (Å²) in [6.07, 6.45) is 1.81. The molecule has 13 heavy (non-hydrogen) atoms. The van der Waals surface area contributed by atoms with Gasteiger partial charge in [0.15, 0.2) is 0 Å². The molecule has 0 amide bonds. The molecule has 0 aliphatic carbocycles. The number of hydrogen-bond acceptors (Lipinski definition) is 1. The third-order valence-electron chi connectivity index (χ3n) is 1.47. The van der Waals surface area contributed by atoms with Crippen molar-refractivity contribution in [1.82, 2.24) is 0 Å². The lowest BCUT2D eigenvalue weighted by atomic mass is 10.3. The molecule has 0 atom stereocenters. The van der Waals surface area contributed by atoms with E-state index in [4.69, 9.17) is 4.74 Å². The molecule has 1 nitrogen and oxygen atoms in total. The van der Waals surface area contributed by atoms with E-state index in [2.05, 4.69) is 13.2 Å². The second kappa shape index (κ2) is 7.77. The first-order valence-corrected chi connectivity index (χ1v) is 4.36. The average molecular weight is 190 g/mol. The minimum atomic E-state index is -0.376. The topological polar surface area (TPSA) is 9.23 Å². The Balaban J connectivity index is 3.47. The first-order valence-electron chi connectivity index (χ1n) is 4.36. The average Bonchev–Trinajstić information content (AvgIpc) is 2.11. The van der Waals surface area contributed by atoms with Crippen molar-refractivity contribution in [2.75, 3.05) is 13.3 Å². The van der Waals surface area contributed by atoms with E-state index in [1.165, 1.54) is 0 Å². The maximum Gasteiger partial charge on any atom is 0.0965 e. The number of hydrogen-bond donors (Lipinski definition) is 0. The molecule has 0 spiro atoms. The van der Waals surface area contributed by atoms with E-state index in [1.807, 2.05) is 0 Å². The Labute approximate surface area is 78.1 Å². The van der Waals surface area contributed by atoms with Crippen molar-refractivity contribution in [2.24, 2.45) is 0 Å². The maximum absolute atomic E-state index is 11.7. The molecule has 0 saturated heterocycles. The predicted octanol–water partition coefficient (Wildman–Crippen LogP) is 3.53. The number of rotatable bonds is 8. The van der Waals surface area contributed by atoms with Gasteiger partial charge in [-0.2, -0.15) is 0 Å². The second-order valence-corrected chi connectivity index (χ2v) is 2.76. The predicted molar refractivity (Wildman–Crippen MR) is 49.8 cm³/mol. The molecule has 0 aromatic carbocycles. The summed E-state index contributed by atoms with van der Waals surface area (Å²) in [5, 5.41) is 0. The van der Waals surface area contributed by atoms with Gasteiger partial charge in [-0.25, -0.2) is 0 Å². The van der Waals surface area contributed by atoms with Crippen molar-refractivity contribution < 1.29 is 13.5 Å². The van der Waals surface area contributed by atoms with Crippen LogP contribution in [-0.2, 0) is 4.74 Å². The highest BCUT2D eigenvalue weighted by Gasteiger charge is 1.99. The summed E-state index contributed by atoms with van der Waals surface area (Å²) in [7, 11) is 0. The van der Waals surface area contributed by atoms with E-state index in [-0.39, 0.29) is 13.3 Å². The summed E-state index contributed by atoms with van der Waals surface area (Å²) < 4.78 is 28.6. The van der Waals surface area contributed by atoms with Crippen LogP contribution >= 0.6 is 0 Å². The summed E-state index contributed by atoms with van der Waals surface area (Å²) in [4.78, 5) is 0. The van der Waals surface area contributed by atoms with E-state index in [0.29, 0.717) is 37.2 Å². The van der Waals surface area contributed by atoms with Crippen LogP contribution in [0.1, 0.15) is 25.7 Å². The maximum atomic E-state index is 11.7. The molecule has 0 radical (unpaired) electrons. The Morgan fingerprint density at radius 1 is 0.923 bits per heavy atom. The van der Waals surface area contributed by atoms with Gasteiger partial charge >= 0.3 is 0 Å². The molecule has 0 fully saturated rings. The molecule has 0 rings (SSSR count). The van der Waals surface area contributed by atoms with Gasteiger partial charge in [-0.1, -0.05) is 13.2 Å². The molecule has 0 saturated carbocycles. The van der Waals surface area contributed by atoms with Gasteiger partial charge in [-0.3, -0.25) is 8.78 Å². The molecule has 76 valence electrons. The lowest BCUT2D eigenvalue weighted by Gasteiger charge is -2.09. The van der Waals surface area contributed by atoms with Gasteiger partial charge in [0.25, 0.3) is 0 Å². The van der Waals surface area contributed by atoms with Crippen molar-refractivity contribution in [1.29, 1.82) is 0 Å². The van der Waals surface area contributed by atoms with Gasteiger partial charge in [0.1, 0.15) is 0 Å². The van der Waals surface area contributed by atoms with Crippen LogP contribution in [0.2, 0.25) is 0 Å². The third kappa shape index (κ3) is 7.50. The van der Waals surface area contributed by atoms with Gasteiger partial charge < -0.3 is 4.74 Å². The molecule has 0 aromatic rings. The highest BCUT2D eigenvalue weighted by atomic mass is 19.1. The summed E-state index contributed by atoms with van der Waals surface area (Å²) in [6, 6.07) is 0. The summed E-state index contributed by atoms with van der Waals surface area (Å²) in [5.41, 5.74) is 0. The van der Waals surface area contributed by atoms with E-state index < -0.39 is 0 Å². The quantitative estimate of drug-likeness (QED) is 0.532. The zero-order chi connectivity index (χ0) is 10.1. The number of allylic oxidation sites excluding steroid dienone is 2. The first kappa shape index (κ1) is 12.1. The highest BCUT2D eigenvalue weighted by molar-refractivity contribution is 4.93. The molecule has 0 heterocycles. The molecule has 0 N–H and O–H groups in total. The van der Waals surface area contributed by atoms with Crippen LogP contribution in [0.5, 0.6) is 0 Å². The fourth-order valence-electron chi connectivity index (χ4n) is 0.834. The van der Waals surface area contributed by atoms with E-state index in [1.54, 1.807) is 0 Å². The van der Waals surface area contributed by atoms with Crippen LogP contribution in [0.3, 0.4) is 0 Å². The van der Waals surface area contributed by atoms with Crippen molar-refractivity contribution in [3.05, 3.63) is 24.7 Å². The van der Waals surface area contributed by atoms with Crippen molar-refractivity contribution >= 4 is 0 Å². The SMILES string of the molecule is C=C(CCCF)OC(=C)CCCF. The fraction of sp³-hybridized carbons (Fsp3) is 0.600. The standard InChI is InChI=1S/C10H16F2O/c1-9(5-3-7-11)13-10(2)6-4-8-12/h1-8H2. The van der Waals surface area contributed by atoms with Gasteiger partial charge in [-0.15, -0.1) is 0 Å². The van der Waals surface area contributed by atoms with Crippen LogP contribution in [-0.4, -0.2) is 13.3 Å². The molecule has 3 heteroatoms. The Morgan fingerprint density at radius 2 is 1.31 bits per heavy atom. The number of halogens is 2. The summed E-state index contributed by atoms with van der Waals surface area (Å²) in [6.45, 7) is 6.44. The number of alkyl halides is 2. The minimum Gasteiger partial charge on any atom is -0.467 e. The lowest BCUT2D eigenvalue weighted by Crippen LogP contribution is -1.93. The van der Waals surface area contributed by atoms with Gasteiger partial charge in [0.2, 0.25) is 0 Å². The van der Waals surface area contributed by atoms with E-state index >= 15 is 0 Å². The smallest absolute Gasteiger partial charge is 0.0965 e. The van der Waals surface area contributed by atoms with Gasteiger partial charge in [0, 0.05) is 12.8 Å². The molecule has 0 aliphatic rings. The van der Waals surface area contributed by atoms with Crippen LogP contribution in [0.4, 0.5) is 8.78 Å². The van der Waals surface area contributed by atoms with Crippen LogP contribution in [0, 0.1) is 0 Å². The molecule has 0 aliphatic heterocycles. The van der Waals surface area contributed by atoms with Crippen LogP contribution in [0.25, 0.3) is 0 Å². The van der Waals surface area contributed by atoms with Gasteiger partial charge in [0.05, 0.1) is 24.9 Å². The molecule has 0 aromatic heterocycles. The zero-order valence-electron chi connectivity index (χ0n) is 7.82. The van der Waals surface area contributed by atoms with Crippen molar-refractivity contribution in [3.8, 4) is 0 Å². The monoisotopic (exact) mass is 190 g/mol. The third-order valence-corrected chi connectivity index (χ3v) is 1.47. The lowest BCUT2D eigenvalue weighted by molar-refractivity contribution is 0.268. The highest BCUT2D eigenvalue weighted by Crippen LogP contribution is 2.13. The van der Waals surface area contributed by atoms with Crippen LogP contribution < -0.4 is 0 Å². The van der Waals surface area contributed by atoms with Crippen LogP contribution in [0.15, 0.2) is 24.7 Å². The summed E-state index contributed by atoms with van der Waals surface area (Å²) >= 11 is 0. The van der Waals surface area contributed by atoms with Gasteiger partial charge in [-0.05, 0) is 12.8 Å². The minimum absolute atomic E-state index is 0.376. The Hall–Kier alpha value is -0.860. The Morgan fingerprint density at radius 3 is 1.62 bits per heavy atom. The van der Waals surface area contributed by atoms with E-state index in [9.17, 15) is 8.78 Å². The Bertz CT molecular complexity index is 148. The van der Waals surface area contributed by atoms with E-state index in [0.717, 1.165) is 0 Å². The van der Waals surface area contributed by atoms with Crippen molar-refractivity contribution in [2.45, 2.75) is 25.7 Å². The zero-order valence-corrected chi connectivity index (χ0v) is 7.82. The molecule has 0 bridgehead atoms. The Kier molecular flexibility index (Phi) is 7.26. The normalized spacial score (nSPS) is 9.69. The largest absolute Gasteiger partial charge is 0.467 e. The molecular weight excluding hydrogens is 174 g/mol. The molecular formula is C10H16F2O. The second-order valence-electron chi connectivity index (χ2n) is 2.76. The number of ether oxygens (including phenoxy) is 1.